The van der Waals surface area contributed by atoms with E-state index in [1.807, 2.05) is 6.92 Å². The van der Waals surface area contributed by atoms with Gasteiger partial charge in [0, 0.05) is 0 Å². The quantitative estimate of drug-likeness (QED) is 0.640. The highest BCUT2D eigenvalue weighted by Gasteiger charge is 2.49. The van der Waals surface area contributed by atoms with Crippen LogP contribution in [0.3, 0.4) is 0 Å². The molecule has 15 heavy (non-hydrogen) atoms. The smallest absolute Gasteiger partial charge is 0.248 e. The molecular formula is C10H18O4S. The molecule has 0 bridgehead atoms. The van der Waals surface area contributed by atoms with Gasteiger partial charge in [-0.05, 0) is 30.1 Å². The number of hydrogen-bond donors (Lipinski definition) is 0. The molecule has 2 aliphatic rings. The zero-order valence-corrected chi connectivity index (χ0v) is 10.2. The highest BCUT2D eigenvalue weighted by Crippen LogP contribution is 2.48. The first-order valence-electron chi connectivity index (χ1n) is 5.39. The average Bonchev–Trinajstić information content (AvgIpc) is 2.31. The topological polar surface area (TPSA) is 52.6 Å². The van der Waals surface area contributed by atoms with Crippen molar-refractivity contribution in [1.82, 2.24) is 0 Å². The summed E-state index contributed by atoms with van der Waals surface area (Å²) < 4.78 is 32.7. The van der Waals surface area contributed by atoms with Crippen LogP contribution in [0.2, 0.25) is 0 Å². The maximum Gasteiger partial charge on any atom is 0.400 e. The van der Waals surface area contributed by atoms with Gasteiger partial charge in [-0.15, -0.1) is 0 Å². The number of rotatable bonds is 0. The normalized spacial score (nSPS) is 43.3. The largest absolute Gasteiger partial charge is 0.400 e. The molecule has 1 aliphatic heterocycles. The Kier molecular flexibility index (Phi) is 2.60. The van der Waals surface area contributed by atoms with Gasteiger partial charge in [0.25, 0.3) is 0 Å². The van der Waals surface area contributed by atoms with E-state index in [4.69, 9.17) is 8.37 Å². The molecule has 0 spiro atoms. The molecule has 0 amide bonds. The van der Waals surface area contributed by atoms with Crippen LogP contribution in [0.4, 0.5) is 0 Å². The summed E-state index contributed by atoms with van der Waals surface area (Å²) >= 11 is 0. The Morgan fingerprint density at radius 3 is 2.67 bits per heavy atom. The standard InChI is InChI=1S/C10H18O4S/c1-7-6-13-15(11,12)14-9-8(7)4-5-10(9,2)3/h7-9H,4-6H2,1-3H3/t7-,8+,9+/m1/s1. The van der Waals surface area contributed by atoms with E-state index < -0.39 is 10.4 Å². The molecule has 0 aromatic rings. The Morgan fingerprint density at radius 2 is 2.00 bits per heavy atom. The molecule has 2 fully saturated rings. The Morgan fingerprint density at radius 1 is 1.33 bits per heavy atom. The van der Waals surface area contributed by atoms with Gasteiger partial charge in [0.05, 0.1) is 12.7 Å². The molecule has 1 heterocycles. The van der Waals surface area contributed by atoms with Crippen LogP contribution in [0.25, 0.3) is 0 Å². The molecule has 0 unspecified atom stereocenters. The summed E-state index contributed by atoms with van der Waals surface area (Å²) in [5.41, 5.74) is -0.0697. The van der Waals surface area contributed by atoms with Crippen LogP contribution in [0.1, 0.15) is 33.6 Å². The van der Waals surface area contributed by atoms with Gasteiger partial charge in [-0.2, -0.15) is 8.42 Å². The van der Waals surface area contributed by atoms with Gasteiger partial charge in [-0.25, -0.2) is 8.37 Å². The summed E-state index contributed by atoms with van der Waals surface area (Å²) in [4.78, 5) is 0. The molecule has 4 nitrogen and oxygen atoms in total. The molecule has 5 heteroatoms. The van der Waals surface area contributed by atoms with E-state index in [-0.39, 0.29) is 24.0 Å². The molecule has 1 saturated carbocycles. The van der Waals surface area contributed by atoms with Crippen molar-refractivity contribution in [3.63, 3.8) is 0 Å². The zero-order chi connectivity index (χ0) is 11.3. The predicted octanol–water partition coefficient (Wildman–Crippen LogP) is 1.72. The minimum absolute atomic E-state index is 0.0697. The van der Waals surface area contributed by atoms with Crippen molar-refractivity contribution >= 4 is 10.4 Å². The Balaban J connectivity index is 2.32. The van der Waals surface area contributed by atoms with Gasteiger partial charge in [-0.1, -0.05) is 20.8 Å². The molecule has 0 aromatic heterocycles. The maximum atomic E-state index is 11.4. The fourth-order valence-corrected chi connectivity index (χ4v) is 3.76. The van der Waals surface area contributed by atoms with Gasteiger partial charge in [0.2, 0.25) is 0 Å². The van der Waals surface area contributed by atoms with Crippen LogP contribution in [-0.2, 0) is 18.8 Å². The third-order valence-corrected chi connectivity index (χ3v) is 4.58. The van der Waals surface area contributed by atoms with Gasteiger partial charge in [0.1, 0.15) is 0 Å². The van der Waals surface area contributed by atoms with Crippen LogP contribution in [0.5, 0.6) is 0 Å². The van der Waals surface area contributed by atoms with Crippen LogP contribution in [0, 0.1) is 17.3 Å². The van der Waals surface area contributed by atoms with Crippen LogP contribution >= 0.6 is 0 Å². The van der Waals surface area contributed by atoms with Crippen molar-refractivity contribution < 1.29 is 16.8 Å². The highest BCUT2D eigenvalue weighted by molar-refractivity contribution is 7.81. The number of hydrogen-bond acceptors (Lipinski definition) is 4. The van der Waals surface area contributed by atoms with Crippen LogP contribution in [0.15, 0.2) is 0 Å². The van der Waals surface area contributed by atoms with E-state index in [0.717, 1.165) is 12.8 Å². The predicted molar refractivity (Wildman–Crippen MR) is 55.4 cm³/mol. The Labute approximate surface area is 91.3 Å². The lowest BCUT2D eigenvalue weighted by Gasteiger charge is -2.28. The van der Waals surface area contributed by atoms with Crippen molar-refractivity contribution in [2.45, 2.75) is 39.7 Å². The van der Waals surface area contributed by atoms with Crippen molar-refractivity contribution in [2.24, 2.45) is 17.3 Å². The molecule has 88 valence electrons. The SMILES string of the molecule is C[C@@H]1COS(=O)(=O)O[C@H]2[C@H]1CCC2(C)C. The molecule has 1 saturated heterocycles. The van der Waals surface area contributed by atoms with Crippen molar-refractivity contribution in [1.29, 1.82) is 0 Å². The van der Waals surface area contributed by atoms with E-state index in [9.17, 15) is 8.42 Å². The second-order valence-corrected chi connectivity index (χ2v) is 6.62. The Hall–Kier alpha value is -0.130. The van der Waals surface area contributed by atoms with Crippen molar-refractivity contribution in [3.8, 4) is 0 Å². The lowest BCUT2D eigenvalue weighted by molar-refractivity contribution is 0.0648. The van der Waals surface area contributed by atoms with E-state index in [1.165, 1.54) is 0 Å². The maximum absolute atomic E-state index is 11.4. The van der Waals surface area contributed by atoms with E-state index in [1.54, 1.807) is 0 Å². The molecule has 2 rings (SSSR count). The Bertz CT molecular complexity index is 346. The monoisotopic (exact) mass is 234 g/mol. The third-order valence-electron chi connectivity index (χ3n) is 3.71. The molecule has 1 aliphatic carbocycles. The summed E-state index contributed by atoms with van der Waals surface area (Å²) in [5.74, 6) is 0.548. The summed E-state index contributed by atoms with van der Waals surface area (Å²) in [5, 5.41) is 0. The lowest BCUT2D eigenvalue weighted by Crippen LogP contribution is -2.33. The molecular weight excluding hydrogens is 216 g/mol. The van der Waals surface area contributed by atoms with E-state index >= 15 is 0 Å². The summed E-state index contributed by atoms with van der Waals surface area (Å²) in [6, 6.07) is 0. The molecule has 0 aromatic carbocycles. The van der Waals surface area contributed by atoms with Gasteiger partial charge >= 0.3 is 10.4 Å². The summed E-state index contributed by atoms with van der Waals surface area (Å²) in [7, 11) is -3.78. The average molecular weight is 234 g/mol. The van der Waals surface area contributed by atoms with Gasteiger partial charge < -0.3 is 0 Å². The second-order valence-electron chi connectivity index (χ2n) is 5.38. The van der Waals surface area contributed by atoms with Crippen molar-refractivity contribution in [2.75, 3.05) is 6.61 Å². The summed E-state index contributed by atoms with van der Waals surface area (Å²) in [6.45, 7) is 6.40. The molecule has 3 atom stereocenters. The third kappa shape index (κ3) is 2.05. The highest BCUT2D eigenvalue weighted by atomic mass is 32.3. The summed E-state index contributed by atoms with van der Waals surface area (Å²) in [6.07, 6.45) is 1.82. The van der Waals surface area contributed by atoms with Crippen LogP contribution < -0.4 is 0 Å². The fraction of sp³-hybridized carbons (Fsp3) is 1.00. The minimum Gasteiger partial charge on any atom is -0.248 e. The first kappa shape index (κ1) is 11.4. The van der Waals surface area contributed by atoms with E-state index in [0.29, 0.717) is 5.92 Å². The first-order valence-corrected chi connectivity index (χ1v) is 6.73. The molecule has 0 N–H and O–H groups in total. The molecule has 0 radical (unpaired) electrons. The first-order chi connectivity index (χ1) is 6.82. The lowest BCUT2D eigenvalue weighted by atomic mass is 9.83. The van der Waals surface area contributed by atoms with Crippen molar-refractivity contribution in [3.05, 3.63) is 0 Å². The second kappa shape index (κ2) is 3.43. The fourth-order valence-electron chi connectivity index (χ4n) is 2.67. The zero-order valence-electron chi connectivity index (χ0n) is 9.39. The van der Waals surface area contributed by atoms with Crippen LogP contribution in [-0.4, -0.2) is 21.1 Å². The van der Waals surface area contributed by atoms with Gasteiger partial charge in [0.15, 0.2) is 0 Å². The van der Waals surface area contributed by atoms with E-state index in [2.05, 4.69) is 13.8 Å². The minimum atomic E-state index is -3.78. The van der Waals surface area contributed by atoms with Gasteiger partial charge in [-0.3, -0.25) is 0 Å². The number of fused-ring (bicyclic) bond motifs is 1.